The third kappa shape index (κ3) is 4.12. The summed E-state index contributed by atoms with van der Waals surface area (Å²) < 4.78 is 2.37. The molecule has 9 rings (SSSR count). The van der Waals surface area contributed by atoms with E-state index in [1.54, 1.807) is 0 Å². The van der Waals surface area contributed by atoms with Crippen molar-refractivity contribution in [2.24, 2.45) is 0 Å². The molecule has 6 aromatic carbocycles. The van der Waals surface area contributed by atoms with Gasteiger partial charge >= 0.3 is 0 Å². The third-order valence-electron chi connectivity index (χ3n) is 9.54. The van der Waals surface area contributed by atoms with Crippen molar-refractivity contribution in [3.05, 3.63) is 175 Å². The highest BCUT2D eigenvalue weighted by molar-refractivity contribution is 6.10. The fraction of sp³-hybridized carbons (Fsp3) is 0.0465. The van der Waals surface area contributed by atoms with Gasteiger partial charge in [-0.2, -0.15) is 5.26 Å². The number of benzene rings is 6. The minimum absolute atomic E-state index is 0.217. The molecule has 0 saturated carbocycles. The molecule has 1 aromatic heterocycles. The zero-order valence-corrected chi connectivity index (χ0v) is 25.1. The minimum atomic E-state index is 0.217. The van der Waals surface area contributed by atoms with Gasteiger partial charge in [0.15, 0.2) is 0 Å². The lowest BCUT2D eigenvalue weighted by molar-refractivity contribution is 0.745. The average molecular weight is 588 g/mol. The Morgan fingerprint density at radius 1 is 0.522 bits per heavy atom. The topological polar surface area (TPSA) is 32.0 Å². The van der Waals surface area contributed by atoms with Gasteiger partial charge in [0.25, 0.3) is 0 Å². The van der Waals surface area contributed by atoms with Crippen molar-refractivity contribution in [2.75, 3.05) is 4.90 Å². The van der Waals surface area contributed by atoms with Crippen LogP contribution in [0, 0.1) is 11.3 Å². The molecule has 216 valence electrons. The van der Waals surface area contributed by atoms with Crippen molar-refractivity contribution >= 4 is 33.2 Å². The lowest BCUT2D eigenvalue weighted by Crippen LogP contribution is -2.28. The summed E-state index contributed by atoms with van der Waals surface area (Å²) in [5, 5.41) is 11.9. The maximum absolute atomic E-state index is 9.36. The van der Waals surface area contributed by atoms with E-state index in [0.29, 0.717) is 5.56 Å². The molecule has 0 N–H and O–H groups in total. The van der Waals surface area contributed by atoms with E-state index in [4.69, 9.17) is 0 Å². The van der Waals surface area contributed by atoms with Gasteiger partial charge in [-0.05, 0) is 94.5 Å². The number of nitriles is 1. The van der Waals surface area contributed by atoms with Crippen LogP contribution in [0.25, 0.3) is 49.7 Å². The lowest BCUT2D eigenvalue weighted by atomic mass is 9.89. The molecule has 2 atom stereocenters. The summed E-state index contributed by atoms with van der Waals surface area (Å²) in [6.07, 6.45) is 9.00. The first-order chi connectivity index (χ1) is 22.8. The van der Waals surface area contributed by atoms with Gasteiger partial charge in [0.05, 0.1) is 28.7 Å². The van der Waals surface area contributed by atoms with E-state index in [0.717, 1.165) is 16.8 Å². The van der Waals surface area contributed by atoms with Crippen molar-refractivity contribution in [3.8, 4) is 34.0 Å². The zero-order valence-electron chi connectivity index (χ0n) is 25.1. The number of anilines is 2. The van der Waals surface area contributed by atoms with Crippen LogP contribution in [0.5, 0.6) is 0 Å². The van der Waals surface area contributed by atoms with Crippen LogP contribution in [0.3, 0.4) is 0 Å². The van der Waals surface area contributed by atoms with Crippen molar-refractivity contribution in [3.63, 3.8) is 0 Å². The molecule has 0 amide bonds. The maximum atomic E-state index is 9.36. The Balaban J connectivity index is 1.12. The largest absolute Gasteiger partial charge is 0.333 e. The summed E-state index contributed by atoms with van der Waals surface area (Å²) in [6.45, 7) is 0. The molecular weight excluding hydrogens is 558 g/mol. The molecule has 0 fully saturated rings. The van der Waals surface area contributed by atoms with Gasteiger partial charge < -0.3 is 9.47 Å². The number of aromatic nitrogens is 1. The summed E-state index contributed by atoms with van der Waals surface area (Å²) in [5.41, 5.74) is 12.7. The molecule has 3 heteroatoms. The maximum Gasteiger partial charge on any atom is 0.0991 e. The predicted octanol–water partition coefficient (Wildman–Crippen LogP) is 10.7. The third-order valence-corrected chi connectivity index (χ3v) is 9.54. The Morgan fingerprint density at radius 3 is 2.11 bits per heavy atom. The van der Waals surface area contributed by atoms with Crippen molar-refractivity contribution in [1.82, 2.24) is 4.57 Å². The normalized spacial score (nSPS) is 16.5. The lowest BCUT2D eigenvalue weighted by Gasteiger charge is -2.28. The zero-order chi connectivity index (χ0) is 30.6. The minimum Gasteiger partial charge on any atom is -0.333 e. The SMILES string of the molecule is N#Cc1cccc(-c2ccc(N3c4ccc(-c5ccc6c(c5)c5ccccc5n6-c5ccccc5)cc4C4C=CC=CC43)cc2)c1. The number of rotatable bonds is 4. The summed E-state index contributed by atoms with van der Waals surface area (Å²) >= 11 is 0. The van der Waals surface area contributed by atoms with Gasteiger partial charge in [-0.3, -0.25) is 0 Å². The fourth-order valence-corrected chi connectivity index (χ4v) is 7.41. The highest BCUT2D eigenvalue weighted by Crippen LogP contribution is 2.49. The molecule has 0 spiro atoms. The smallest absolute Gasteiger partial charge is 0.0991 e. The summed E-state index contributed by atoms with van der Waals surface area (Å²) in [4.78, 5) is 2.47. The van der Waals surface area contributed by atoms with Crippen LogP contribution >= 0.6 is 0 Å². The second-order valence-corrected chi connectivity index (χ2v) is 12.1. The number of para-hydroxylation sites is 2. The number of allylic oxidation sites excluding steroid dienone is 2. The predicted molar refractivity (Wildman–Crippen MR) is 190 cm³/mol. The molecule has 1 aliphatic heterocycles. The molecule has 1 aliphatic carbocycles. The number of fused-ring (bicyclic) bond motifs is 6. The molecule has 3 nitrogen and oxygen atoms in total. The van der Waals surface area contributed by atoms with Crippen molar-refractivity contribution in [2.45, 2.75) is 12.0 Å². The van der Waals surface area contributed by atoms with Crippen molar-refractivity contribution in [1.29, 1.82) is 5.26 Å². The highest BCUT2D eigenvalue weighted by Gasteiger charge is 2.37. The van der Waals surface area contributed by atoms with Gasteiger partial charge in [0.1, 0.15) is 0 Å². The first-order valence-electron chi connectivity index (χ1n) is 15.7. The molecule has 46 heavy (non-hydrogen) atoms. The molecule has 0 radical (unpaired) electrons. The van der Waals surface area contributed by atoms with Gasteiger partial charge in [0.2, 0.25) is 0 Å². The Bertz CT molecular complexity index is 2390. The Hall–Kier alpha value is -6.11. The second kappa shape index (κ2) is 10.5. The molecule has 7 aromatic rings. The van der Waals surface area contributed by atoms with Crippen LogP contribution in [0.4, 0.5) is 11.4 Å². The van der Waals surface area contributed by atoms with Crippen LogP contribution in [0.15, 0.2) is 164 Å². The molecule has 0 saturated heterocycles. The van der Waals surface area contributed by atoms with E-state index in [1.807, 2.05) is 18.2 Å². The van der Waals surface area contributed by atoms with E-state index in [1.165, 1.54) is 49.9 Å². The molecule has 2 unspecified atom stereocenters. The number of nitrogens with zero attached hydrogens (tertiary/aromatic N) is 3. The van der Waals surface area contributed by atoms with E-state index in [2.05, 4.69) is 161 Å². The molecular formula is C43H29N3. The van der Waals surface area contributed by atoms with Gasteiger partial charge in [-0.15, -0.1) is 0 Å². The standard InChI is InChI=1S/C43H29N3/c44-28-29-9-8-10-31(25-29)30-17-21-35(22-18-30)46-41-16-7-5-14-37(41)39-27-33(20-24-43(39)46)32-19-23-42-38(26-32)36-13-4-6-15-40(36)45(42)34-11-2-1-3-12-34/h1-27,37,41H. The summed E-state index contributed by atoms with van der Waals surface area (Å²) in [5.74, 6) is 0.274. The fourth-order valence-electron chi connectivity index (χ4n) is 7.41. The average Bonchev–Trinajstić information content (AvgIpc) is 3.64. The van der Waals surface area contributed by atoms with Gasteiger partial charge in [0, 0.05) is 33.8 Å². The van der Waals surface area contributed by atoms with Crippen LogP contribution < -0.4 is 4.90 Å². The van der Waals surface area contributed by atoms with E-state index < -0.39 is 0 Å². The summed E-state index contributed by atoms with van der Waals surface area (Å²) in [7, 11) is 0. The Kier molecular flexibility index (Phi) is 6.01. The number of hydrogen-bond acceptors (Lipinski definition) is 2. The van der Waals surface area contributed by atoms with E-state index in [9.17, 15) is 5.26 Å². The van der Waals surface area contributed by atoms with Crippen LogP contribution in [0.2, 0.25) is 0 Å². The van der Waals surface area contributed by atoms with Crippen LogP contribution in [-0.4, -0.2) is 10.6 Å². The quantitative estimate of drug-likeness (QED) is 0.205. The Morgan fingerprint density at radius 2 is 1.24 bits per heavy atom. The highest BCUT2D eigenvalue weighted by atomic mass is 15.2. The van der Waals surface area contributed by atoms with Crippen LogP contribution in [-0.2, 0) is 0 Å². The van der Waals surface area contributed by atoms with E-state index in [-0.39, 0.29) is 12.0 Å². The first kappa shape index (κ1) is 26.3. The van der Waals surface area contributed by atoms with Crippen molar-refractivity contribution < 1.29 is 0 Å². The Labute approximate surface area is 268 Å². The van der Waals surface area contributed by atoms with Gasteiger partial charge in [-0.1, -0.05) is 97.1 Å². The summed E-state index contributed by atoms with van der Waals surface area (Å²) in [6, 6.07) is 52.2. The second-order valence-electron chi connectivity index (χ2n) is 12.1. The van der Waals surface area contributed by atoms with E-state index >= 15 is 0 Å². The molecule has 2 heterocycles. The number of hydrogen-bond donors (Lipinski definition) is 0. The molecule has 0 bridgehead atoms. The van der Waals surface area contributed by atoms with Gasteiger partial charge in [-0.25, -0.2) is 0 Å². The first-order valence-corrected chi connectivity index (χ1v) is 15.7. The molecule has 2 aliphatic rings. The monoisotopic (exact) mass is 587 g/mol. The van der Waals surface area contributed by atoms with Crippen LogP contribution in [0.1, 0.15) is 17.0 Å².